The van der Waals surface area contributed by atoms with Gasteiger partial charge in [-0.15, -0.1) is 0 Å². The monoisotopic (exact) mass is 427 g/mol. The smallest absolute Gasteiger partial charge is 0.0761 e. The summed E-state index contributed by atoms with van der Waals surface area (Å²) >= 11 is 0. The Bertz CT molecular complexity index is 699. The molecule has 9 atom stereocenters. The van der Waals surface area contributed by atoms with E-state index in [2.05, 4.69) is 39.9 Å². The van der Waals surface area contributed by atoms with Crippen LogP contribution in [0.15, 0.2) is 11.1 Å². The molecule has 2 heteroatoms. The van der Waals surface area contributed by atoms with Gasteiger partial charge in [0.05, 0.1) is 12.2 Å². The highest BCUT2D eigenvalue weighted by atomic mass is 16.5. The van der Waals surface area contributed by atoms with Crippen LogP contribution in [0.3, 0.4) is 0 Å². The lowest BCUT2D eigenvalue weighted by Gasteiger charge is -2.52. The Morgan fingerprint density at radius 1 is 1.13 bits per heavy atom. The van der Waals surface area contributed by atoms with E-state index in [1.807, 2.05) is 5.57 Å². The molecule has 0 unspecified atom stereocenters. The number of hydrogen-bond acceptors (Lipinski definition) is 2. The van der Waals surface area contributed by atoms with Gasteiger partial charge in [0.1, 0.15) is 0 Å². The van der Waals surface area contributed by atoms with Gasteiger partial charge >= 0.3 is 0 Å². The van der Waals surface area contributed by atoms with E-state index in [4.69, 9.17) is 4.74 Å². The second-order valence-electron chi connectivity index (χ2n) is 12.8. The summed E-state index contributed by atoms with van der Waals surface area (Å²) in [5.41, 5.74) is 4.35. The Morgan fingerprint density at radius 3 is 2.77 bits per heavy atom. The highest BCUT2D eigenvalue weighted by molar-refractivity contribution is 5.28. The number of hydrogen-bond donors (Lipinski definition) is 1. The molecule has 2 nitrogen and oxygen atoms in total. The minimum Gasteiger partial charge on any atom is -0.373 e. The Labute approximate surface area is 192 Å². The number of fused-ring (bicyclic) bond motifs is 5. The fourth-order valence-electron chi connectivity index (χ4n) is 9.06. The molecule has 1 heterocycles. The molecule has 1 spiro atoms. The van der Waals surface area contributed by atoms with E-state index in [1.54, 1.807) is 5.57 Å². The van der Waals surface area contributed by atoms with E-state index < -0.39 is 0 Å². The van der Waals surface area contributed by atoms with Gasteiger partial charge in [-0.05, 0) is 99.8 Å². The van der Waals surface area contributed by atoms with Crippen molar-refractivity contribution in [3.63, 3.8) is 0 Å². The summed E-state index contributed by atoms with van der Waals surface area (Å²) < 4.78 is 6.73. The van der Waals surface area contributed by atoms with Crippen LogP contribution < -0.4 is 5.32 Å². The molecule has 3 saturated carbocycles. The molecule has 1 saturated heterocycles. The van der Waals surface area contributed by atoms with E-state index in [-0.39, 0.29) is 5.60 Å². The first kappa shape index (κ1) is 22.5. The Balaban J connectivity index is 1.34. The molecule has 0 amide bonds. The van der Waals surface area contributed by atoms with Crippen molar-refractivity contribution in [1.82, 2.24) is 5.32 Å². The zero-order valence-corrected chi connectivity index (χ0v) is 21.1. The van der Waals surface area contributed by atoms with E-state index in [9.17, 15) is 0 Å². The molecule has 0 radical (unpaired) electrons. The first-order valence-electron chi connectivity index (χ1n) is 13.9. The van der Waals surface area contributed by atoms with E-state index in [0.29, 0.717) is 17.4 Å². The summed E-state index contributed by atoms with van der Waals surface area (Å²) in [6.45, 7) is 14.4. The van der Waals surface area contributed by atoms with Crippen LogP contribution in [0.2, 0.25) is 0 Å². The van der Waals surface area contributed by atoms with Crippen LogP contribution in [0.5, 0.6) is 0 Å². The number of nitrogens with one attached hydrogen (secondary N) is 1. The van der Waals surface area contributed by atoms with Gasteiger partial charge in [-0.2, -0.15) is 0 Å². The van der Waals surface area contributed by atoms with Crippen molar-refractivity contribution < 1.29 is 4.74 Å². The molecule has 4 aliphatic carbocycles. The molecule has 0 aromatic carbocycles. The van der Waals surface area contributed by atoms with Gasteiger partial charge in [0, 0.05) is 12.0 Å². The third kappa shape index (κ3) is 3.67. The zero-order valence-electron chi connectivity index (χ0n) is 21.1. The minimum absolute atomic E-state index is 0.0932. The molecule has 5 aliphatic rings. The molecular weight excluding hydrogens is 378 g/mol. The maximum absolute atomic E-state index is 6.73. The van der Waals surface area contributed by atoms with Crippen LogP contribution in [-0.2, 0) is 4.74 Å². The average molecular weight is 428 g/mol. The predicted molar refractivity (Wildman–Crippen MR) is 130 cm³/mol. The summed E-state index contributed by atoms with van der Waals surface area (Å²) in [5, 5.41) is 3.88. The van der Waals surface area contributed by atoms with Crippen molar-refractivity contribution in [2.75, 3.05) is 13.2 Å². The standard InChI is InChI=1S/C29H49NO/c1-6-19(2)17-30-27-18-31-29(21(27)4)14-12-23-24-11-10-22-9-7-8-13-28(22,5)26(24)15-25(23)20(3)16-29/h19,21-24,26-27,30H,6-18H2,1-5H3/t19-,21+,22-,23-,24-,26-,27+,28-,29-/m0/s1. The van der Waals surface area contributed by atoms with Crippen LogP contribution in [0.25, 0.3) is 0 Å². The van der Waals surface area contributed by atoms with Crippen LogP contribution in [0.4, 0.5) is 0 Å². The predicted octanol–water partition coefficient (Wildman–Crippen LogP) is 7.14. The second-order valence-corrected chi connectivity index (χ2v) is 12.8. The SMILES string of the molecule is CC[C@H](C)CN[C@@H]1CO[C@]2(CC[C@@H]3C(=C(C)C2)C[C@H]2[C@H]3CC[C@@H]3CCCC[C@@]32C)[C@@H]1C. The quantitative estimate of drug-likeness (QED) is 0.481. The number of rotatable bonds is 4. The molecule has 0 aromatic heterocycles. The lowest BCUT2D eigenvalue weighted by molar-refractivity contribution is -0.0421. The maximum Gasteiger partial charge on any atom is 0.0761 e. The fourth-order valence-corrected chi connectivity index (χ4v) is 9.06. The van der Waals surface area contributed by atoms with Crippen LogP contribution in [0.1, 0.15) is 105 Å². The lowest BCUT2D eigenvalue weighted by Crippen LogP contribution is -2.45. The summed E-state index contributed by atoms with van der Waals surface area (Å²) in [4.78, 5) is 0. The Morgan fingerprint density at radius 2 is 1.97 bits per heavy atom. The summed E-state index contributed by atoms with van der Waals surface area (Å²) in [5.74, 6) is 5.21. The third-order valence-electron chi connectivity index (χ3n) is 11.5. The largest absolute Gasteiger partial charge is 0.373 e. The molecule has 1 aliphatic heterocycles. The van der Waals surface area contributed by atoms with Gasteiger partial charge in [0.15, 0.2) is 0 Å². The zero-order chi connectivity index (χ0) is 21.8. The first-order chi connectivity index (χ1) is 14.9. The minimum atomic E-state index is 0.0932. The molecule has 0 aromatic rings. The first-order valence-corrected chi connectivity index (χ1v) is 13.9. The Kier molecular flexibility index (Phi) is 6.13. The molecule has 0 bridgehead atoms. The Hall–Kier alpha value is -0.340. The van der Waals surface area contributed by atoms with Crippen molar-refractivity contribution in [3.05, 3.63) is 11.1 Å². The van der Waals surface area contributed by atoms with Crippen molar-refractivity contribution in [1.29, 1.82) is 0 Å². The van der Waals surface area contributed by atoms with Crippen molar-refractivity contribution >= 4 is 0 Å². The fraction of sp³-hybridized carbons (Fsp3) is 0.931. The lowest BCUT2D eigenvalue weighted by atomic mass is 9.52. The summed E-state index contributed by atoms with van der Waals surface area (Å²) in [7, 11) is 0. The molecule has 5 rings (SSSR count). The highest BCUT2D eigenvalue weighted by Gasteiger charge is 2.57. The topological polar surface area (TPSA) is 21.3 Å². The second kappa shape index (κ2) is 8.46. The van der Waals surface area contributed by atoms with Crippen molar-refractivity contribution in [2.45, 2.75) is 117 Å². The van der Waals surface area contributed by atoms with Gasteiger partial charge in [-0.1, -0.05) is 58.1 Å². The number of ether oxygens (including phenoxy) is 1. The molecule has 1 N–H and O–H groups in total. The van der Waals surface area contributed by atoms with E-state index in [0.717, 1.165) is 42.7 Å². The van der Waals surface area contributed by atoms with Crippen LogP contribution in [0, 0.1) is 40.9 Å². The van der Waals surface area contributed by atoms with Crippen molar-refractivity contribution in [2.24, 2.45) is 40.9 Å². The summed E-state index contributed by atoms with van der Waals surface area (Å²) in [6.07, 6.45) is 15.6. The molecule has 176 valence electrons. The molecular formula is C29H49NO. The summed E-state index contributed by atoms with van der Waals surface area (Å²) in [6, 6.07) is 0.536. The van der Waals surface area contributed by atoms with E-state index in [1.165, 1.54) is 70.6 Å². The maximum atomic E-state index is 6.73. The van der Waals surface area contributed by atoms with Crippen LogP contribution in [-0.4, -0.2) is 24.8 Å². The van der Waals surface area contributed by atoms with Crippen molar-refractivity contribution in [3.8, 4) is 0 Å². The molecule has 31 heavy (non-hydrogen) atoms. The normalized spacial score (nSPS) is 48.3. The van der Waals surface area contributed by atoms with Gasteiger partial charge in [0.2, 0.25) is 0 Å². The van der Waals surface area contributed by atoms with Gasteiger partial charge in [0.25, 0.3) is 0 Å². The third-order valence-corrected chi connectivity index (χ3v) is 11.5. The van der Waals surface area contributed by atoms with Gasteiger partial charge < -0.3 is 10.1 Å². The number of allylic oxidation sites excluding steroid dienone is 1. The van der Waals surface area contributed by atoms with Gasteiger partial charge in [-0.3, -0.25) is 0 Å². The average Bonchev–Trinajstić information content (AvgIpc) is 3.25. The molecule has 4 fully saturated rings. The van der Waals surface area contributed by atoms with Crippen LogP contribution >= 0.6 is 0 Å². The van der Waals surface area contributed by atoms with E-state index >= 15 is 0 Å². The van der Waals surface area contributed by atoms with Gasteiger partial charge in [-0.25, -0.2) is 0 Å². The highest BCUT2D eigenvalue weighted by Crippen LogP contribution is 2.65.